The summed E-state index contributed by atoms with van der Waals surface area (Å²) in [5, 5.41) is 8.64. The van der Waals surface area contributed by atoms with Gasteiger partial charge in [-0.2, -0.15) is 5.10 Å². The van der Waals surface area contributed by atoms with E-state index in [0.717, 1.165) is 25.9 Å². The molecular formula is C21H30N4. The molecule has 0 saturated carbocycles. The van der Waals surface area contributed by atoms with Gasteiger partial charge in [0, 0.05) is 25.1 Å². The van der Waals surface area contributed by atoms with Crippen molar-refractivity contribution in [2.75, 3.05) is 31.5 Å². The van der Waals surface area contributed by atoms with Crippen molar-refractivity contribution in [1.82, 2.24) is 14.7 Å². The van der Waals surface area contributed by atoms with Crippen molar-refractivity contribution >= 4 is 5.82 Å². The molecule has 4 heteroatoms. The Bertz CT molecular complexity index is 725. The first-order valence-electron chi connectivity index (χ1n) is 9.90. The minimum Gasteiger partial charge on any atom is -0.369 e. The number of rotatable bonds is 5. The van der Waals surface area contributed by atoms with Crippen molar-refractivity contribution in [1.29, 1.82) is 0 Å². The normalized spacial score (nSPS) is 17.7. The Morgan fingerprint density at radius 3 is 2.72 bits per heavy atom. The van der Waals surface area contributed by atoms with E-state index >= 15 is 0 Å². The van der Waals surface area contributed by atoms with E-state index in [2.05, 4.69) is 53.0 Å². The summed E-state index contributed by atoms with van der Waals surface area (Å²) in [5.41, 5.74) is 5.33. The number of piperidine rings is 1. The van der Waals surface area contributed by atoms with Crippen LogP contribution in [-0.2, 0) is 12.8 Å². The van der Waals surface area contributed by atoms with Gasteiger partial charge in [-0.25, -0.2) is 4.68 Å². The van der Waals surface area contributed by atoms with Crippen LogP contribution in [-0.4, -0.2) is 40.9 Å². The molecule has 1 aromatic carbocycles. The van der Waals surface area contributed by atoms with Crippen molar-refractivity contribution in [3.05, 3.63) is 41.1 Å². The first-order chi connectivity index (χ1) is 12.2. The summed E-state index contributed by atoms with van der Waals surface area (Å²) < 4.78 is 2.17. The molecule has 0 amide bonds. The zero-order chi connectivity index (χ0) is 17.2. The molecule has 0 radical (unpaired) electrons. The minimum atomic E-state index is 0.495. The molecule has 1 aromatic heterocycles. The third-order valence-corrected chi connectivity index (χ3v) is 5.63. The summed E-state index contributed by atoms with van der Waals surface area (Å²) in [7, 11) is 0. The molecule has 2 aliphatic rings. The molecule has 1 saturated heterocycles. The van der Waals surface area contributed by atoms with Crippen LogP contribution < -0.4 is 5.32 Å². The smallest absolute Gasteiger partial charge is 0.133 e. The molecule has 1 N–H and O–H groups in total. The molecule has 25 heavy (non-hydrogen) atoms. The fourth-order valence-electron chi connectivity index (χ4n) is 4.24. The zero-order valence-electron chi connectivity index (χ0n) is 15.6. The topological polar surface area (TPSA) is 33.1 Å². The second-order valence-electron chi connectivity index (χ2n) is 7.73. The molecule has 1 fully saturated rings. The van der Waals surface area contributed by atoms with E-state index in [4.69, 9.17) is 5.10 Å². The predicted molar refractivity (Wildman–Crippen MR) is 104 cm³/mol. The van der Waals surface area contributed by atoms with E-state index in [9.17, 15) is 0 Å². The second kappa shape index (κ2) is 7.20. The molecule has 4 rings (SSSR count). The fraction of sp³-hybridized carbons (Fsp3) is 0.571. The van der Waals surface area contributed by atoms with Crippen LogP contribution in [0.15, 0.2) is 24.3 Å². The summed E-state index contributed by atoms with van der Waals surface area (Å²) in [5.74, 6) is 1.72. The molecule has 3 heterocycles. The van der Waals surface area contributed by atoms with Gasteiger partial charge in [0.2, 0.25) is 0 Å². The largest absolute Gasteiger partial charge is 0.369 e. The summed E-state index contributed by atoms with van der Waals surface area (Å²) in [4.78, 5) is 2.61. The summed E-state index contributed by atoms with van der Waals surface area (Å²) in [6.07, 6.45) is 6.29. The first-order valence-corrected chi connectivity index (χ1v) is 9.90. The number of anilines is 1. The van der Waals surface area contributed by atoms with Crippen LogP contribution in [0.1, 0.15) is 55.8 Å². The van der Waals surface area contributed by atoms with E-state index < -0.39 is 0 Å². The van der Waals surface area contributed by atoms with Gasteiger partial charge in [0.1, 0.15) is 5.82 Å². The number of hydrogen-bond donors (Lipinski definition) is 1. The van der Waals surface area contributed by atoms with Crippen LogP contribution in [0.25, 0.3) is 5.69 Å². The Kier molecular flexibility index (Phi) is 4.80. The van der Waals surface area contributed by atoms with Crippen molar-refractivity contribution in [2.24, 2.45) is 0 Å². The Balaban J connectivity index is 1.62. The first kappa shape index (κ1) is 16.6. The lowest BCUT2D eigenvalue weighted by Crippen LogP contribution is -2.31. The number of aromatic nitrogens is 2. The maximum absolute atomic E-state index is 5.06. The summed E-state index contributed by atoms with van der Waals surface area (Å²) in [6, 6.07) is 8.69. The van der Waals surface area contributed by atoms with Crippen LogP contribution in [0.3, 0.4) is 0 Å². The fourth-order valence-corrected chi connectivity index (χ4v) is 4.24. The number of nitrogens with zero attached hydrogens (tertiary/aromatic N) is 3. The van der Waals surface area contributed by atoms with Gasteiger partial charge < -0.3 is 10.2 Å². The molecule has 2 aliphatic heterocycles. The van der Waals surface area contributed by atoms with Gasteiger partial charge in [-0.15, -0.1) is 0 Å². The lowest BCUT2D eigenvalue weighted by Gasteiger charge is -2.26. The maximum Gasteiger partial charge on any atom is 0.133 e. The minimum absolute atomic E-state index is 0.495. The number of likely N-dealkylation sites (tertiary alicyclic amines) is 1. The van der Waals surface area contributed by atoms with E-state index in [1.165, 1.54) is 60.7 Å². The van der Waals surface area contributed by atoms with E-state index in [-0.39, 0.29) is 0 Å². The lowest BCUT2D eigenvalue weighted by atomic mass is 10.0. The second-order valence-corrected chi connectivity index (χ2v) is 7.73. The average Bonchev–Trinajstić information content (AvgIpc) is 3.24. The van der Waals surface area contributed by atoms with Gasteiger partial charge in [-0.1, -0.05) is 38.5 Å². The highest BCUT2D eigenvalue weighted by Gasteiger charge is 2.24. The molecule has 0 atom stereocenters. The van der Waals surface area contributed by atoms with Crippen molar-refractivity contribution in [3.63, 3.8) is 0 Å². The SMILES string of the molecule is CC(C)c1ccccc1-n1nc(CCN2CCCCC2)c2c1NCC2. The van der Waals surface area contributed by atoms with E-state index in [0.29, 0.717) is 5.92 Å². The van der Waals surface area contributed by atoms with Crippen LogP contribution in [0.2, 0.25) is 0 Å². The highest BCUT2D eigenvalue weighted by Crippen LogP contribution is 2.32. The molecule has 134 valence electrons. The maximum atomic E-state index is 5.06. The molecule has 2 aromatic rings. The molecular weight excluding hydrogens is 308 g/mol. The third-order valence-electron chi connectivity index (χ3n) is 5.63. The molecule has 0 bridgehead atoms. The highest BCUT2D eigenvalue weighted by molar-refractivity contribution is 5.59. The number of fused-ring (bicyclic) bond motifs is 1. The van der Waals surface area contributed by atoms with Gasteiger partial charge in [-0.3, -0.25) is 0 Å². The monoisotopic (exact) mass is 338 g/mol. The van der Waals surface area contributed by atoms with Gasteiger partial charge in [0.15, 0.2) is 0 Å². The Labute approximate surface area is 151 Å². The van der Waals surface area contributed by atoms with Crippen LogP contribution >= 0.6 is 0 Å². The number of hydrogen-bond acceptors (Lipinski definition) is 3. The van der Waals surface area contributed by atoms with Crippen LogP contribution in [0.5, 0.6) is 0 Å². The van der Waals surface area contributed by atoms with Crippen LogP contribution in [0, 0.1) is 0 Å². The predicted octanol–water partition coefficient (Wildman–Crippen LogP) is 3.99. The molecule has 0 unspecified atom stereocenters. The van der Waals surface area contributed by atoms with Gasteiger partial charge in [0.25, 0.3) is 0 Å². The quantitative estimate of drug-likeness (QED) is 0.895. The van der Waals surface area contributed by atoms with E-state index in [1.54, 1.807) is 0 Å². The van der Waals surface area contributed by atoms with Gasteiger partial charge in [0.05, 0.1) is 11.4 Å². The molecule has 0 aliphatic carbocycles. The number of nitrogens with one attached hydrogen (secondary N) is 1. The Morgan fingerprint density at radius 1 is 1.12 bits per heavy atom. The third kappa shape index (κ3) is 3.32. The van der Waals surface area contributed by atoms with Crippen molar-refractivity contribution in [3.8, 4) is 5.69 Å². The van der Waals surface area contributed by atoms with Gasteiger partial charge >= 0.3 is 0 Å². The highest BCUT2D eigenvalue weighted by atomic mass is 15.3. The van der Waals surface area contributed by atoms with Crippen LogP contribution in [0.4, 0.5) is 5.82 Å². The van der Waals surface area contributed by atoms with Crippen molar-refractivity contribution < 1.29 is 0 Å². The van der Waals surface area contributed by atoms with Gasteiger partial charge in [-0.05, 0) is 49.9 Å². The Hall–Kier alpha value is -1.81. The standard InChI is InChI=1S/C21H30N4/c1-16(2)17-8-4-5-9-20(17)25-21-18(10-12-22-21)19(23-25)11-15-24-13-6-3-7-14-24/h4-5,8-9,16,22H,3,6-7,10-15H2,1-2H3. The number of benzene rings is 1. The summed E-state index contributed by atoms with van der Waals surface area (Å²) in [6.45, 7) is 9.22. The summed E-state index contributed by atoms with van der Waals surface area (Å²) >= 11 is 0. The Morgan fingerprint density at radius 2 is 1.92 bits per heavy atom. The zero-order valence-corrected chi connectivity index (χ0v) is 15.6. The average molecular weight is 338 g/mol. The van der Waals surface area contributed by atoms with E-state index in [1.807, 2.05) is 0 Å². The molecule has 0 spiro atoms. The lowest BCUT2D eigenvalue weighted by molar-refractivity contribution is 0.230. The molecule has 4 nitrogen and oxygen atoms in total. The number of para-hydroxylation sites is 1. The van der Waals surface area contributed by atoms with Crippen molar-refractivity contribution in [2.45, 2.75) is 51.9 Å².